The summed E-state index contributed by atoms with van der Waals surface area (Å²) in [5, 5.41) is 0. The van der Waals surface area contributed by atoms with Crippen LogP contribution < -0.4 is 5.73 Å². The molecule has 0 fully saturated rings. The Kier molecular flexibility index (Phi) is 5.10. The van der Waals surface area contributed by atoms with E-state index in [9.17, 15) is 4.79 Å². The molecule has 0 atom stereocenters. The van der Waals surface area contributed by atoms with E-state index >= 15 is 0 Å². The Morgan fingerprint density at radius 1 is 1.29 bits per heavy atom. The summed E-state index contributed by atoms with van der Waals surface area (Å²) in [7, 11) is 1.39. The number of allylic oxidation sites excluding steroid dienone is 1. The predicted octanol–water partition coefficient (Wildman–Crippen LogP) is 3.05. The molecule has 4 nitrogen and oxygen atoms in total. The van der Waals surface area contributed by atoms with Crippen LogP contribution in [0.5, 0.6) is 0 Å². The van der Waals surface area contributed by atoms with Crippen molar-refractivity contribution in [2.24, 2.45) is 0 Å². The molecule has 1 heterocycles. The fourth-order valence-electron chi connectivity index (χ4n) is 2.07. The highest BCUT2D eigenvalue weighted by Gasteiger charge is 2.06. The molecule has 108 valence electrons. The molecule has 21 heavy (non-hydrogen) atoms. The minimum atomic E-state index is -0.218. The van der Waals surface area contributed by atoms with Crippen molar-refractivity contribution in [3.8, 4) is 0 Å². The van der Waals surface area contributed by atoms with Crippen molar-refractivity contribution in [2.75, 3.05) is 12.8 Å². The third-order valence-electron chi connectivity index (χ3n) is 3.09. The van der Waals surface area contributed by atoms with Crippen LogP contribution in [0.25, 0.3) is 5.57 Å². The summed E-state index contributed by atoms with van der Waals surface area (Å²) in [6.45, 7) is 0. The second kappa shape index (κ2) is 7.24. The van der Waals surface area contributed by atoms with Crippen LogP contribution >= 0.6 is 0 Å². The number of esters is 1. The lowest BCUT2D eigenvalue weighted by atomic mass is 9.97. The maximum atomic E-state index is 11.2. The van der Waals surface area contributed by atoms with Crippen molar-refractivity contribution in [1.29, 1.82) is 0 Å². The highest BCUT2D eigenvalue weighted by Crippen LogP contribution is 2.25. The van der Waals surface area contributed by atoms with Crippen molar-refractivity contribution in [2.45, 2.75) is 12.8 Å². The van der Waals surface area contributed by atoms with Gasteiger partial charge in [-0.2, -0.15) is 0 Å². The van der Waals surface area contributed by atoms with Crippen LogP contribution in [0, 0.1) is 0 Å². The zero-order valence-corrected chi connectivity index (χ0v) is 12.0. The van der Waals surface area contributed by atoms with E-state index in [4.69, 9.17) is 5.73 Å². The van der Waals surface area contributed by atoms with E-state index in [1.165, 1.54) is 7.11 Å². The Morgan fingerprint density at radius 3 is 2.76 bits per heavy atom. The Hall–Kier alpha value is -2.62. The fourth-order valence-corrected chi connectivity index (χ4v) is 2.07. The topological polar surface area (TPSA) is 65.2 Å². The highest BCUT2D eigenvalue weighted by atomic mass is 16.5. The van der Waals surface area contributed by atoms with Gasteiger partial charge in [0.2, 0.25) is 0 Å². The lowest BCUT2D eigenvalue weighted by Crippen LogP contribution is -1.99. The van der Waals surface area contributed by atoms with E-state index in [-0.39, 0.29) is 5.97 Å². The molecule has 4 heteroatoms. The van der Waals surface area contributed by atoms with Crippen LogP contribution in [0.1, 0.15) is 24.0 Å². The van der Waals surface area contributed by atoms with Crippen molar-refractivity contribution < 1.29 is 9.53 Å². The van der Waals surface area contributed by atoms with Gasteiger partial charge in [0.1, 0.15) is 0 Å². The molecule has 2 aromatic rings. The normalized spacial score (nSPS) is 11.2. The Morgan fingerprint density at radius 2 is 2.10 bits per heavy atom. The van der Waals surface area contributed by atoms with Crippen LogP contribution in [0.3, 0.4) is 0 Å². The van der Waals surface area contributed by atoms with Gasteiger partial charge in [0, 0.05) is 30.1 Å². The third kappa shape index (κ3) is 4.18. The molecule has 0 saturated carbocycles. The summed E-state index contributed by atoms with van der Waals surface area (Å²) in [6, 6.07) is 11.5. The van der Waals surface area contributed by atoms with Gasteiger partial charge in [-0.05, 0) is 35.8 Å². The maximum Gasteiger partial charge on any atom is 0.305 e. The number of anilines is 1. The minimum Gasteiger partial charge on any atom is -0.469 e. The quantitative estimate of drug-likeness (QED) is 0.676. The predicted molar refractivity (Wildman–Crippen MR) is 83.4 cm³/mol. The molecule has 2 N–H and O–H groups in total. The second-order valence-electron chi connectivity index (χ2n) is 4.60. The van der Waals surface area contributed by atoms with E-state index in [2.05, 4.69) is 9.72 Å². The number of carbonyl (C=O) groups is 1. The lowest BCUT2D eigenvalue weighted by Gasteiger charge is -2.09. The summed E-state index contributed by atoms with van der Waals surface area (Å²) in [5.41, 5.74) is 9.57. The molecule has 1 aromatic heterocycles. The Labute approximate surface area is 124 Å². The Balaban J connectivity index is 2.31. The molecule has 1 aromatic carbocycles. The molecule has 0 amide bonds. The van der Waals surface area contributed by atoms with Gasteiger partial charge in [0.25, 0.3) is 0 Å². The number of carbonyl (C=O) groups excluding carboxylic acids is 1. The molecule has 0 unspecified atom stereocenters. The van der Waals surface area contributed by atoms with Gasteiger partial charge in [-0.25, -0.2) is 0 Å². The molecule has 0 bridgehead atoms. The number of rotatable bonds is 5. The van der Waals surface area contributed by atoms with E-state index in [1.807, 2.05) is 42.5 Å². The molecule has 0 aliphatic rings. The highest BCUT2D eigenvalue weighted by molar-refractivity contribution is 5.81. The number of nitrogens with zero attached hydrogens (tertiary/aromatic N) is 1. The summed E-state index contributed by atoms with van der Waals surface area (Å²) in [6.07, 6.45) is 6.50. The summed E-state index contributed by atoms with van der Waals surface area (Å²) < 4.78 is 4.66. The van der Waals surface area contributed by atoms with Crippen LogP contribution in [0.4, 0.5) is 5.69 Å². The first kappa shape index (κ1) is 14.8. The number of aromatic nitrogens is 1. The average molecular weight is 282 g/mol. The van der Waals surface area contributed by atoms with Gasteiger partial charge in [-0.1, -0.05) is 24.3 Å². The van der Waals surface area contributed by atoms with E-state index in [0.717, 1.165) is 16.7 Å². The molecule has 0 aliphatic heterocycles. The van der Waals surface area contributed by atoms with Gasteiger partial charge in [-0.15, -0.1) is 0 Å². The summed E-state index contributed by atoms with van der Waals surface area (Å²) in [5.74, 6) is -0.218. The van der Waals surface area contributed by atoms with Crippen LogP contribution in [0.2, 0.25) is 0 Å². The van der Waals surface area contributed by atoms with E-state index in [1.54, 1.807) is 12.4 Å². The number of pyridine rings is 1. The smallest absolute Gasteiger partial charge is 0.305 e. The van der Waals surface area contributed by atoms with Gasteiger partial charge < -0.3 is 10.5 Å². The average Bonchev–Trinajstić information content (AvgIpc) is 2.52. The molecule has 2 rings (SSSR count). The summed E-state index contributed by atoms with van der Waals surface area (Å²) in [4.78, 5) is 15.4. The first-order valence-corrected chi connectivity index (χ1v) is 6.74. The van der Waals surface area contributed by atoms with Crippen molar-refractivity contribution in [3.05, 3.63) is 66.0 Å². The molecular formula is C17H18N2O2. The maximum absolute atomic E-state index is 11.2. The zero-order chi connectivity index (χ0) is 15.1. The second-order valence-corrected chi connectivity index (χ2v) is 4.60. The first-order valence-electron chi connectivity index (χ1n) is 6.74. The number of benzene rings is 1. The van der Waals surface area contributed by atoms with E-state index < -0.39 is 0 Å². The summed E-state index contributed by atoms with van der Waals surface area (Å²) >= 11 is 0. The fraction of sp³-hybridized carbons (Fsp3) is 0.176. The first-order chi connectivity index (χ1) is 10.2. The van der Waals surface area contributed by atoms with Gasteiger partial charge in [-0.3, -0.25) is 9.78 Å². The van der Waals surface area contributed by atoms with Gasteiger partial charge >= 0.3 is 5.97 Å². The SMILES string of the molecule is COC(=O)CCC=C(c1cccnc1)c1cccc(N)c1. The number of hydrogen-bond donors (Lipinski definition) is 1. The molecule has 0 aliphatic carbocycles. The van der Waals surface area contributed by atoms with Crippen LogP contribution in [0.15, 0.2) is 54.9 Å². The van der Waals surface area contributed by atoms with Crippen LogP contribution in [-0.2, 0) is 9.53 Å². The van der Waals surface area contributed by atoms with E-state index in [0.29, 0.717) is 18.5 Å². The number of nitrogen functional groups attached to an aromatic ring is 1. The molecule has 0 spiro atoms. The van der Waals surface area contributed by atoms with Crippen LogP contribution in [-0.4, -0.2) is 18.1 Å². The number of nitrogens with two attached hydrogens (primary N) is 1. The molecular weight excluding hydrogens is 264 g/mol. The zero-order valence-electron chi connectivity index (χ0n) is 12.0. The van der Waals surface area contributed by atoms with Crippen molar-refractivity contribution in [3.63, 3.8) is 0 Å². The van der Waals surface area contributed by atoms with Gasteiger partial charge in [0.05, 0.1) is 7.11 Å². The molecule has 0 radical (unpaired) electrons. The van der Waals surface area contributed by atoms with Gasteiger partial charge in [0.15, 0.2) is 0 Å². The Bertz CT molecular complexity index is 636. The standard InChI is InChI=1S/C17H18N2O2/c1-21-17(20)9-3-8-16(14-6-4-10-19-12-14)13-5-2-7-15(18)11-13/h2,4-8,10-12H,3,9,18H2,1H3. The number of ether oxygens (including phenoxy) is 1. The van der Waals surface area contributed by atoms with Crippen molar-refractivity contribution in [1.82, 2.24) is 4.98 Å². The minimum absolute atomic E-state index is 0.218. The number of methoxy groups -OCH3 is 1. The lowest BCUT2D eigenvalue weighted by molar-refractivity contribution is -0.140. The third-order valence-corrected chi connectivity index (χ3v) is 3.09. The van der Waals surface area contributed by atoms with Crippen molar-refractivity contribution >= 4 is 17.2 Å². The largest absolute Gasteiger partial charge is 0.469 e. The number of hydrogen-bond acceptors (Lipinski definition) is 4. The molecule has 0 saturated heterocycles. The monoisotopic (exact) mass is 282 g/mol.